The summed E-state index contributed by atoms with van der Waals surface area (Å²) in [6.45, 7) is 3.06. The summed E-state index contributed by atoms with van der Waals surface area (Å²) in [7, 11) is 0. The van der Waals surface area contributed by atoms with Gasteiger partial charge in [-0.1, -0.05) is 30.3 Å². The molecule has 94 valence electrons. The maximum absolute atomic E-state index is 11.9. The van der Waals surface area contributed by atoms with E-state index in [-0.39, 0.29) is 5.91 Å². The summed E-state index contributed by atoms with van der Waals surface area (Å²) in [6, 6.07) is 10.4. The number of aliphatic imine (C=N–C) groups is 1. The van der Waals surface area contributed by atoms with Crippen LogP contribution in [0.25, 0.3) is 0 Å². The number of nitrogens with zero attached hydrogens (tertiary/aromatic N) is 2. The molecule has 3 rings (SSSR count). The number of rotatable bonds is 1. The molecule has 1 saturated heterocycles. The Bertz CT molecular complexity index is 484. The van der Waals surface area contributed by atoms with Crippen molar-refractivity contribution in [3.05, 3.63) is 35.9 Å². The first-order valence-electron chi connectivity index (χ1n) is 6.36. The van der Waals surface area contributed by atoms with Crippen LogP contribution in [0.2, 0.25) is 0 Å². The van der Waals surface area contributed by atoms with E-state index in [4.69, 9.17) is 4.74 Å². The number of carbonyl (C=O) groups is 1. The van der Waals surface area contributed by atoms with Gasteiger partial charge in [0.1, 0.15) is 0 Å². The summed E-state index contributed by atoms with van der Waals surface area (Å²) in [5, 5.41) is 0. The van der Waals surface area contributed by atoms with Gasteiger partial charge in [0.25, 0.3) is 11.9 Å². The van der Waals surface area contributed by atoms with Crippen LogP contribution in [0, 0.1) is 0 Å². The van der Waals surface area contributed by atoms with Crippen LogP contribution >= 0.6 is 0 Å². The minimum absolute atomic E-state index is 0.199. The average Bonchev–Trinajstić information content (AvgIpc) is 2.96. The van der Waals surface area contributed by atoms with Gasteiger partial charge in [0.2, 0.25) is 6.10 Å². The van der Waals surface area contributed by atoms with Crippen molar-refractivity contribution in [1.82, 2.24) is 4.90 Å². The van der Waals surface area contributed by atoms with Crippen molar-refractivity contribution >= 4 is 11.9 Å². The van der Waals surface area contributed by atoms with Crippen molar-refractivity contribution < 1.29 is 9.53 Å². The molecule has 0 aliphatic carbocycles. The van der Waals surface area contributed by atoms with Crippen LogP contribution in [-0.4, -0.2) is 29.4 Å². The van der Waals surface area contributed by atoms with Gasteiger partial charge in [-0.05, 0) is 19.8 Å². The minimum Gasteiger partial charge on any atom is -0.446 e. The predicted molar refractivity (Wildman–Crippen MR) is 68.1 cm³/mol. The fourth-order valence-electron chi connectivity index (χ4n) is 2.52. The van der Waals surface area contributed by atoms with Gasteiger partial charge in [0.15, 0.2) is 0 Å². The van der Waals surface area contributed by atoms with Gasteiger partial charge >= 0.3 is 0 Å². The molecule has 1 amide bonds. The highest BCUT2D eigenvalue weighted by Gasteiger charge is 2.36. The molecule has 4 nitrogen and oxygen atoms in total. The van der Waals surface area contributed by atoms with E-state index in [0.717, 1.165) is 24.9 Å². The zero-order valence-electron chi connectivity index (χ0n) is 10.4. The van der Waals surface area contributed by atoms with E-state index in [1.165, 1.54) is 0 Å². The maximum atomic E-state index is 11.9. The average molecular weight is 244 g/mol. The summed E-state index contributed by atoms with van der Waals surface area (Å²) < 4.78 is 5.74. The minimum atomic E-state index is -0.561. The number of carbonyl (C=O) groups excluding carboxylic acids is 1. The molecule has 4 heteroatoms. The van der Waals surface area contributed by atoms with Crippen molar-refractivity contribution in [2.24, 2.45) is 4.99 Å². The Kier molecular flexibility index (Phi) is 2.78. The number of hydrogen-bond acceptors (Lipinski definition) is 3. The fraction of sp³-hybridized carbons (Fsp3) is 0.429. The van der Waals surface area contributed by atoms with Crippen LogP contribution in [0.1, 0.15) is 31.4 Å². The second-order valence-corrected chi connectivity index (χ2v) is 4.83. The number of amides is 1. The number of ether oxygens (including phenoxy) is 1. The SMILES string of the molecule is C[C@H]1CCCN1C1=NC(=O)[C@@H](c2ccccc2)O1. The molecule has 1 fully saturated rings. The smallest absolute Gasteiger partial charge is 0.296 e. The van der Waals surface area contributed by atoms with Crippen molar-refractivity contribution in [3.63, 3.8) is 0 Å². The monoisotopic (exact) mass is 244 g/mol. The molecule has 0 saturated carbocycles. The Morgan fingerprint density at radius 3 is 2.78 bits per heavy atom. The third kappa shape index (κ3) is 1.88. The van der Waals surface area contributed by atoms with E-state index in [1.807, 2.05) is 30.3 Å². The quantitative estimate of drug-likeness (QED) is 0.760. The van der Waals surface area contributed by atoms with Crippen LogP contribution in [-0.2, 0) is 9.53 Å². The highest BCUT2D eigenvalue weighted by Crippen LogP contribution is 2.28. The topological polar surface area (TPSA) is 41.9 Å². The molecule has 1 aromatic rings. The van der Waals surface area contributed by atoms with Gasteiger partial charge in [-0.3, -0.25) is 4.79 Å². The number of hydrogen-bond donors (Lipinski definition) is 0. The molecule has 2 heterocycles. The first-order chi connectivity index (χ1) is 8.75. The second-order valence-electron chi connectivity index (χ2n) is 4.83. The summed E-state index contributed by atoms with van der Waals surface area (Å²) >= 11 is 0. The summed E-state index contributed by atoms with van der Waals surface area (Å²) in [5.41, 5.74) is 0.869. The first-order valence-corrected chi connectivity index (χ1v) is 6.36. The Labute approximate surface area is 106 Å². The van der Waals surface area contributed by atoms with Gasteiger partial charge in [-0.25, -0.2) is 0 Å². The molecule has 0 radical (unpaired) electrons. The largest absolute Gasteiger partial charge is 0.446 e. The van der Waals surface area contributed by atoms with E-state index in [0.29, 0.717) is 12.1 Å². The first kappa shape index (κ1) is 11.3. The summed E-state index contributed by atoms with van der Waals surface area (Å²) in [5.74, 6) is -0.199. The van der Waals surface area contributed by atoms with E-state index in [1.54, 1.807) is 0 Å². The second kappa shape index (κ2) is 4.44. The summed E-state index contributed by atoms with van der Waals surface area (Å²) in [4.78, 5) is 18.1. The Hall–Kier alpha value is -1.84. The highest BCUT2D eigenvalue weighted by molar-refractivity contribution is 5.99. The van der Waals surface area contributed by atoms with Crippen LogP contribution in [0.3, 0.4) is 0 Å². The number of likely N-dealkylation sites (tertiary alicyclic amines) is 1. The molecule has 0 bridgehead atoms. The third-order valence-electron chi connectivity index (χ3n) is 3.55. The molecule has 0 spiro atoms. The van der Waals surface area contributed by atoms with Gasteiger partial charge in [0.05, 0.1) is 0 Å². The lowest BCUT2D eigenvalue weighted by Crippen LogP contribution is -2.34. The van der Waals surface area contributed by atoms with Crippen molar-refractivity contribution in [2.75, 3.05) is 6.54 Å². The van der Waals surface area contributed by atoms with E-state index in [9.17, 15) is 4.79 Å². The molecule has 2 aliphatic heterocycles. The molecular formula is C14H16N2O2. The normalized spacial score (nSPS) is 27.3. The van der Waals surface area contributed by atoms with Gasteiger partial charge < -0.3 is 9.64 Å². The third-order valence-corrected chi connectivity index (χ3v) is 3.55. The van der Waals surface area contributed by atoms with Crippen molar-refractivity contribution in [1.29, 1.82) is 0 Å². The molecule has 0 aromatic heterocycles. The van der Waals surface area contributed by atoms with Crippen LogP contribution in [0.4, 0.5) is 0 Å². The fourth-order valence-corrected chi connectivity index (χ4v) is 2.52. The molecule has 18 heavy (non-hydrogen) atoms. The van der Waals surface area contributed by atoms with E-state index in [2.05, 4.69) is 16.8 Å². The lowest BCUT2D eigenvalue weighted by molar-refractivity contribution is -0.123. The van der Waals surface area contributed by atoms with Crippen LogP contribution in [0.5, 0.6) is 0 Å². The molecule has 1 aromatic carbocycles. The van der Waals surface area contributed by atoms with Crippen molar-refractivity contribution in [2.45, 2.75) is 31.9 Å². The molecule has 0 N–H and O–H groups in total. The van der Waals surface area contributed by atoms with Crippen molar-refractivity contribution in [3.8, 4) is 0 Å². The van der Waals surface area contributed by atoms with E-state index < -0.39 is 6.10 Å². The van der Waals surface area contributed by atoms with Gasteiger partial charge in [0, 0.05) is 18.2 Å². The van der Waals surface area contributed by atoms with Gasteiger partial charge in [-0.15, -0.1) is 0 Å². The molecule has 0 unspecified atom stereocenters. The number of amidine groups is 1. The lowest BCUT2D eigenvalue weighted by atomic mass is 10.1. The standard InChI is InChI=1S/C14H16N2O2/c1-10-6-5-9-16(10)14-15-13(17)12(18-14)11-7-3-2-4-8-11/h2-4,7-8,10,12H,5-6,9H2,1H3/t10-,12+/m0/s1. The predicted octanol–water partition coefficient (Wildman–Crippen LogP) is 2.12. The number of benzene rings is 1. The Balaban J connectivity index is 1.79. The van der Waals surface area contributed by atoms with Crippen LogP contribution in [0.15, 0.2) is 35.3 Å². The zero-order valence-corrected chi connectivity index (χ0v) is 10.4. The Morgan fingerprint density at radius 2 is 2.11 bits per heavy atom. The summed E-state index contributed by atoms with van der Waals surface area (Å²) in [6.07, 6.45) is 1.70. The molecule has 2 atom stereocenters. The lowest BCUT2D eigenvalue weighted by Gasteiger charge is -2.22. The Morgan fingerprint density at radius 1 is 1.33 bits per heavy atom. The maximum Gasteiger partial charge on any atom is 0.296 e. The molecular weight excluding hydrogens is 228 g/mol. The highest BCUT2D eigenvalue weighted by atomic mass is 16.5. The van der Waals surface area contributed by atoms with Gasteiger partial charge in [-0.2, -0.15) is 4.99 Å². The van der Waals surface area contributed by atoms with E-state index >= 15 is 0 Å². The molecule has 2 aliphatic rings. The van der Waals surface area contributed by atoms with Crippen LogP contribution < -0.4 is 0 Å². The zero-order chi connectivity index (χ0) is 12.5.